The van der Waals surface area contributed by atoms with E-state index in [9.17, 15) is 9.59 Å². The molecule has 1 heterocycles. The van der Waals surface area contributed by atoms with Crippen LogP contribution in [0, 0.1) is 5.92 Å². The molecule has 0 unspecified atom stereocenters. The third kappa shape index (κ3) is 5.54. The lowest BCUT2D eigenvalue weighted by molar-refractivity contribution is -0.122. The first-order chi connectivity index (χ1) is 10.1. The molecule has 5 heteroatoms. The number of aromatic nitrogens is 1. The molecule has 1 fully saturated rings. The third-order valence-corrected chi connectivity index (χ3v) is 4.27. The molecule has 1 aliphatic carbocycles. The second-order valence-electron chi connectivity index (χ2n) is 5.79. The predicted octanol–water partition coefficient (Wildman–Crippen LogP) is 2.98. The number of aryl methyl sites for hydroxylation is 1. The van der Waals surface area contributed by atoms with Crippen molar-refractivity contribution < 1.29 is 4.79 Å². The molecule has 0 spiro atoms. The van der Waals surface area contributed by atoms with E-state index < -0.39 is 0 Å². The van der Waals surface area contributed by atoms with Gasteiger partial charge in [-0.2, -0.15) is 0 Å². The van der Waals surface area contributed by atoms with E-state index in [0.29, 0.717) is 30.5 Å². The summed E-state index contributed by atoms with van der Waals surface area (Å²) < 4.78 is 1.58. The van der Waals surface area contributed by atoms with E-state index in [1.54, 1.807) is 16.8 Å². The van der Waals surface area contributed by atoms with Crippen LogP contribution >= 0.6 is 11.6 Å². The normalized spacial score (nSPS) is 15.9. The Kier molecular flexibility index (Phi) is 6.30. The van der Waals surface area contributed by atoms with Crippen molar-refractivity contribution in [3.05, 3.63) is 33.7 Å². The van der Waals surface area contributed by atoms with Crippen molar-refractivity contribution in [3.8, 4) is 0 Å². The number of nitrogens with zero attached hydrogens (tertiary/aromatic N) is 1. The summed E-state index contributed by atoms with van der Waals surface area (Å²) in [6.45, 7) is 1.17. The van der Waals surface area contributed by atoms with Crippen LogP contribution in [0.15, 0.2) is 23.1 Å². The Morgan fingerprint density at radius 2 is 2.05 bits per heavy atom. The van der Waals surface area contributed by atoms with Gasteiger partial charge < -0.3 is 9.88 Å². The molecule has 4 nitrogen and oxygen atoms in total. The maximum absolute atomic E-state index is 11.8. The summed E-state index contributed by atoms with van der Waals surface area (Å²) in [7, 11) is 0. The molecule has 2 rings (SSSR count). The highest BCUT2D eigenvalue weighted by Gasteiger charge is 2.16. The number of halogens is 1. The fraction of sp³-hybridized carbons (Fsp3) is 0.625. The van der Waals surface area contributed by atoms with Gasteiger partial charge in [-0.1, -0.05) is 30.9 Å². The monoisotopic (exact) mass is 310 g/mol. The van der Waals surface area contributed by atoms with Gasteiger partial charge in [-0.05, 0) is 31.2 Å². The predicted molar refractivity (Wildman–Crippen MR) is 84.5 cm³/mol. The van der Waals surface area contributed by atoms with Crippen LogP contribution in [0.3, 0.4) is 0 Å². The molecule has 1 aromatic rings. The molecule has 0 saturated heterocycles. The van der Waals surface area contributed by atoms with Crippen LogP contribution in [0.1, 0.15) is 44.9 Å². The maximum Gasteiger partial charge on any atom is 0.250 e. The molecule has 1 N–H and O–H groups in total. The molecule has 0 aliphatic heterocycles. The average molecular weight is 311 g/mol. The van der Waals surface area contributed by atoms with Crippen molar-refractivity contribution in [3.63, 3.8) is 0 Å². The fourth-order valence-corrected chi connectivity index (χ4v) is 3.06. The van der Waals surface area contributed by atoms with Crippen molar-refractivity contribution in [2.75, 3.05) is 6.54 Å². The number of amides is 1. The van der Waals surface area contributed by atoms with Gasteiger partial charge in [0.25, 0.3) is 5.56 Å². The number of hydrogen-bond donors (Lipinski definition) is 1. The van der Waals surface area contributed by atoms with Crippen molar-refractivity contribution in [1.29, 1.82) is 0 Å². The van der Waals surface area contributed by atoms with E-state index in [0.717, 1.165) is 6.42 Å². The summed E-state index contributed by atoms with van der Waals surface area (Å²) in [4.78, 5) is 23.4. The largest absolute Gasteiger partial charge is 0.356 e. The highest BCUT2D eigenvalue weighted by Crippen LogP contribution is 2.25. The van der Waals surface area contributed by atoms with Crippen LogP contribution in [0.25, 0.3) is 0 Å². The Balaban J connectivity index is 1.66. The van der Waals surface area contributed by atoms with Gasteiger partial charge in [0.15, 0.2) is 0 Å². The Bertz CT molecular complexity index is 521. The van der Waals surface area contributed by atoms with Crippen molar-refractivity contribution in [2.24, 2.45) is 5.92 Å². The highest BCUT2D eigenvalue weighted by molar-refractivity contribution is 6.30. The summed E-state index contributed by atoms with van der Waals surface area (Å²) in [5, 5.41) is 3.50. The molecular formula is C16H23ClN2O2. The van der Waals surface area contributed by atoms with Crippen LogP contribution in [-0.4, -0.2) is 17.0 Å². The summed E-state index contributed by atoms with van der Waals surface area (Å²) in [5.41, 5.74) is -0.0621. The first-order valence-corrected chi connectivity index (χ1v) is 8.15. The Morgan fingerprint density at radius 3 is 2.81 bits per heavy atom. The van der Waals surface area contributed by atoms with Gasteiger partial charge in [-0.15, -0.1) is 0 Å². The van der Waals surface area contributed by atoms with E-state index >= 15 is 0 Å². The third-order valence-electron chi connectivity index (χ3n) is 4.04. The van der Waals surface area contributed by atoms with Crippen LogP contribution in [0.2, 0.25) is 5.02 Å². The number of rotatable bonds is 6. The van der Waals surface area contributed by atoms with Crippen LogP contribution in [-0.2, 0) is 11.3 Å². The van der Waals surface area contributed by atoms with E-state index in [1.165, 1.54) is 38.2 Å². The molecule has 116 valence electrons. The number of hydrogen-bond acceptors (Lipinski definition) is 2. The number of carbonyl (C=O) groups is 1. The SMILES string of the molecule is O=C(CC1CCCCC1)NCCCn1cc(Cl)ccc1=O. The van der Waals surface area contributed by atoms with Crippen molar-refractivity contribution in [2.45, 2.75) is 51.5 Å². The van der Waals surface area contributed by atoms with Crippen LogP contribution < -0.4 is 10.9 Å². The highest BCUT2D eigenvalue weighted by atomic mass is 35.5. The lowest BCUT2D eigenvalue weighted by atomic mass is 9.87. The fourth-order valence-electron chi connectivity index (χ4n) is 2.88. The van der Waals surface area contributed by atoms with E-state index in [1.807, 2.05) is 0 Å². The van der Waals surface area contributed by atoms with Gasteiger partial charge in [0.05, 0.1) is 5.02 Å². The minimum atomic E-state index is -0.0621. The second kappa shape index (κ2) is 8.23. The molecule has 0 atom stereocenters. The Morgan fingerprint density at radius 1 is 1.29 bits per heavy atom. The smallest absolute Gasteiger partial charge is 0.250 e. The number of carbonyl (C=O) groups excluding carboxylic acids is 1. The summed E-state index contributed by atoms with van der Waals surface area (Å²) in [5.74, 6) is 0.703. The van der Waals surface area contributed by atoms with Gasteiger partial charge in [0.2, 0.25) is 5.91 Å². The lowest BCUT2D eigenvalue weighted by Gasteiger charge is -2.20. The zero-order valence-electron chi connectivity index (χ0n) is 12.3. The second-order valence-corrected chi connectivity index (χ2v) is 6.23. The van der Waals surface area contributed by atoms with Crippen LogP contribution in [0.4, 0.5) is 0 Å². The number of pyridine rings is 1. The van der Waals surface area contributed by atoms with Crippen LogP contribution in [0.5, 0.6) is 0 Å². The van der Waals surface area contributed by atoms with Gasteiger partial charge in [-0.3, -0.25) is 9.59 Å². The molecule has 1 aliphatic rings. The minimum Gasteiger partial charge on any atom is -0.356 e. The molecule has 1 aromatic heterocycles. The topological polar surface area (TPSA) is 51.1 Å². The molecule has 0 radical (unpaired) electrons. The van der Waals surface area contributed by atoms with Gasteiger partial charge in [0, 0.05) is 31.8 Å². The quantitative estimate of drug-likeness (QED) is 0.821. The minimum absolute atomic E-state index is 0.0621. The molecular weight excluding hydrogens is 288 g/mol. The van der Waals surface area contributed by atoms with Gasteiger partial charge in [-0.25, -0.2) is 0 Å². The zero-order valence-corrected chi connectivity index (χ0v) is 13.1. The Hall–Kier alpha value is -1.29. The molecule has 1 saturated carbocycles. The van der Waals surface area contributed by atoms with Crippen molar-refractivity contribution >= 4 is 17.5 Å². The zero-order chi connectivity index (χ0) is 15.1. The van der Waals surface area contributed by atoms with Gasteiger partial charge in [0.1, 0.15) is 0 Å². The lowest BCUT2D eigenvalue weighted by Crippen LogP contribution is -2.28. The van der Waals surface area contributed by atoms with E-state index in [2.05, 4.69) is 5.32 Å². The van der Waals surface area contributed by atoms with Gasteiger partial charge >= 0.3 is 0 Å². The van der Waals surface area contributed by atoms with E-state index in [4.69, 9.17) is 11.6 Å². The van der Waals surface area contributed by atoms with Crippen molar-refractivity contribution in [1.82, 2.24) is 9.88 Å². The maximum atomic E-state index is 11.8. The molecule has 1 amide bonds. The molecule has 0 aromatic carbocycles. The summed E-state index contributed by atoms with van der Waals surface area (Å²) in [6, 6.07) is 3.05. The first-order valence-electron chi connectivity index (χ1n) is 7.78. The Labute approximate surface area is 130 Å². The first kappa shape index (κ1) is 16.1. The molecule has 0 bridgehead atoms. The number of nitrogens with one attached hydrogen (secondary N) is 1. The summed E-state index contributed by atoms with van der Waals surface area (Å²) in [6.07, 6.45) is 9.22. The standard InChI is InChI=1S/C16H23ClN2O2/c17-14-7-8-16(21)19(12-14)10-4-9-18-15(20)11-13-5-2-1-3-6-13/h7-8,12-13H,1-6,9-11H2,(H,18,20). The van der Waals surface area contributed by atoms with E-state index in [-0.39, 0.29) is 11.5 Å². The average Bonchev–Trinajstić information content (AvgIpc) is 2.48. The molecule has 21 heavy (non-hydrogen) atoms. The summed E-state index contributed by atoms with van der Waals surface area (Å²) >= 11 is 5.86.